The number of aromatic amines is 1. The van der Waals surface area contributed by atoms with Gasteiger partial charge in [0.15, 0.2) is 11.1 Å². The van der Waals surface area contributed by atoms with Crippen molar-refractivity contribution in [3.8, 4) is 22.8 Å². The Hall–Kier alpha value is -5.38. The number of rotatable bonds is 16. The standard InChI is InChI=1S/C42H43N4O6P/c1-4-5-25-45(3)41(47)36-26-35(40-43-44-42(48)46(40)37-24-16-15-17-31(37)2)38(50-28-32-18-9-6-10-19-32)27-39(36)53(49,51-29-33-20-11-7-12-21-33)52-30-34-22-13-8-14-23-34/h6-24,26-27,49H,4-5,25,28-30H2,1-3H3/p+1. The summed E-state index contributed by atoms with van der Waals surface area (Å²) in [5, 5.41) is 7.22. The van der Waals surface area contributed by atoms with E-state index in [2.05, 4.69) is 17.1 Å². The molecule has 0 radical (unpaired) electrons. The van der Waals surface area contributed by atoms with E-state index in [0.717, 1.165) is 35.1 Å². The van der Waals surface area contributed by atoms with Gasteiger partial charge in [0, 0.05) is 19.7 Å². The van der Waals surface area contributed by atoms with Crippen LogP contribution in [0, 0.1) is 6.92 Å². The molecule has 272 valence electrons. The molecule has 0 atom stereocenters. The Labute approximate surface area is 310 Å². The van der Waals surface area contributed by atoms with Crippen LogP contribution < -0.4 is 15.7 Å². The highest BCUT2D eigenvalue weighted by Crippen LogP contribution is 2.58. The van der Waals surface area contributed by atoms with E-state index in [1.54, 1.807) is 24.1 Å². The zero-order chi connectivity index (χ0) is 37.2. The summed E-state index contributed by atoms with van der Waals surface area (Å²) in [5.74, 6) is 0.159. The van der Waals surface area contributed by atoms with Crippen molar-refractivity contribution in [2.24, 2.45) is 0 Å². The summed E-state index contributed by atoms with van der Waals surface area (Å²) in [5.41, 5.74) is 4.06. The average molecular weight is 732 g/mol. The third-order valence-corrected chi connectivity index (χ3v) is 10.8. The molecule has 2 N–H and O–H groups in total. The fourth-order valence-corrected chi connectivity index (χ4v) is 7.62. The number of nitrogens with zero attached hydrogens (tertiary/aromatic N) is 3. The van der Waals surface area contributed by atoms with Gasteiger partial charge in [-0.3, -0.25) is 4.79 Å². The largest absolute Gasteiger partial charge is 0.488 e. The van der Waals surface area contributed by atoms with Crippen LogP contribution in [0.2, 0.25) is 0 Å². The first kappa shape index (κ1) is 37.4. The molecule has 0 aliphatic carbocycles. The van der Waals surface area contributed by atoms with E-state index in [9.17, 15) is 14.5 Å². The Morgan fingerprint density at radius 2 is 1.36 bits per heavy atom. The molecular formula is C42H44N4O6P+. The quantitative estimate of drug-likeness (QED) is 0.0976. The third-order valence-electron chi connectivity index (χ3n) is 8.83. The predicted octanol–water partition coefficient (Wildman–Crippen LogP) is 7.80. The maximum Gasteiger partial charge on any atom is 0.447 e. The minimum Gasteiger partial charge on any atom is -0.488 e. The topological polar surface area (TPSA) is 119 Å². The summed E-state index contributed by atoms with van der Waals surface area (Å²) in [6.45, 7) is 4.65. The van der Waals surface area contributed by atoms with Gasteiger partial charge in [0.05, 0.1) is 16.8 Å². The van der Waals surface area contributed by atoms with Crippen molar-refractivity contribution in [1.82, 2.24) is 19.7 Å². The van der Waals surface area contributed by atoms with E-state index < -0.39 is 13.6 Å². The second-order valence-electron chi connectivity index (χ2n) is 12.7. The second-order valence-corrected chi connectivity index (χ2v) is 14.8. The van der Waals surface area contributed by atoms with Gasteiger partial charge in [0.1, 0.15) is 25.6 Å². The van der Waals surface area contributed by atoms with Crippen molar-refractivity contribution in [3.05, 3.63) is 166 Å². The van der Waals surface area contributed by atoms with Crippen molar-refractivity contribution in [2.75, 3.05) is 13.6 Å². The normalized spacial score (nSPS) is 11.4. The molecule has 0 saturated heterocycles. The molecule has 1 heterocycles. The van der Waals surface area contributed by atoms with Crippen LogP contribution in [0.5, 0.6) is 5.75 Å². The van der Waals surface area contributed by atoms with Crippen LogP contribution in [0.25, 0.3) is 17.1 Å². The molecule has 0 aliphatic heterocycles. The first-order chi connectivity index (χ1) is 25.8. The SMILES string of the molecule is CCCCN(C)C(=O)c1cc(-c2n[nH]c(=O)n2-c2ccccc2C)c(OCc2ccccc2)cc1[P+](O)(OCc1ccccc1)OCc1ccccc1. The monoisotopic (exact) mass is 731 g/mol. The van der Waals surface area contributed by atoms with E-state index in [1.165, 1.54) is 4.57 Å². The number of ether oxygens (including phenoxy) is 1. The summed E-state index contributed by atoms with van der Waals surface area (Å²) in [6, 6.07) is 39.3. The van der Waals surface area contributed by atoms with Crippen LogP contribution in [-0.4, -0.2) is 44.1 Å². The smallest absolute Gasteiger partial charge is 0.447 e. The number of hydrogen-bond acceptors (Lipinski definition) is 7. The highest BCUT2D eigenvalue weighted by Gasteiger charge is 2.49. The van der Waals surface area contributed by atoms with Crippen LogP contribution >= 0.6 is 7.94 Å². The lowest BCUT2D eigenvalue weighted by atomic mass is 10.1. The van der Waals surface area contributed by atoms with Crippen molar-refractivity contribution >= 4 is 19.2 Å². The molecule has 0 fully saturated rings. The summed E-state index contributed by atoms with van der Waals surface area (Å²) < 4.78 is 20.8. The Morgan fingerprint density at radius 3 is 1.92 bits per heavy atom. The fourth-order valence-electron chi connectivity index (χ4n) is 5.87. The molecule has 11 heteroatoms. The van der Waals surface area contributed by atoms with Gasteiger partial charge in [-0.25, -0.2) is 14.5 Å². The summed E-state index contributed by atoms with van der Waals surface area (Å²) in [4.78, 5) is 42.3. The highest BCUT2D eigenvalue weighted by atomic mass is 31.2. The lowest BCUT2D eigenvalue weighted by Crippen LogP contribution is -2.33. The van der Waals surface area contributed by atoms with Gasteiger partial charge in [0.2, 0.25) is 0 Å². The molecule has 53 heavy (non-hydrogen) atoms. The van der Waals surface area contributed by atoms with Gasteiger partial charge in [-0.05, 0) is 47.7 Å². The van der Waals surface area contributed by atoms with Crippen molar-refractivity contribution in [2.45, 2.75) is 46.5 Å². The molecule has 10 nitrogen and oxygen atoms in total. The van der Waals surface area contributed by atoms with E-state index in [4.69, 9.17) is 13.8 Å². The van der Waals surface area contributed by atoms with E-state index in [-0.39, 0.29) is 48.2 Å². The number of amides is 1. The molecule has 0 saturated carbocycles. The summed E-state index contributed by atoms with van der Waals surface area (Å²) >= 11 is 0. The molecule has 0 unspecified atom stereocenters. The van der Waals surface area contributed by atoms with Crippen LogP contribution in [0.3, 0.4) is 0 Å². The number of aromatic nitrogens is 3. The van der Waals surface area contributed by atoms with E-state index in [0.29, 0.717) is 17.8 Å². The van der Waals surface area contributed by atoms with Crippen LogP contribution in [-0.2, 0) is 28.9 Å². The van der Waals surface area contributed by atoms with Gasteiger partial charge in [0.25, 0.3) is 5.91 Å². The number of unbranched alkanes of at least 4 members (excludes halogenated alkanes) is 1. The molecule has 6 aromatic rings. The number of carbonyl (C=O) groups is 1. The molecule has 0 spiro atoms. The Kier molecular flexibility index (Phi) is 12.3. The minimum atomic E-state index is -4.04. The zero-order valence-corrected chi connectivity index (χ0v) is 31.0. The summed E-state index contributed by atoms with van der Waals surface area (Å²) in [6.07, 6.45) is 1.67. The molecule has 5 aromatic carbocycles. The third kappa shape index (κ3) is 8.99. The molecule has 1 aromatic heterocycles. The Morgan fingerprint density at radius 1 is 0.811 bits per heavy atom. The van der Waals surface area contributed by atoms with Crippen molar-refractivity contribution in [1.29, 1.82) is 0 Å². The molecule has 1 amide bonds. The number of hydrogen-bond donors (Lipinski definition) is 2. The van der Waals surface area contributed by atoms with Gasteiger partial charge in [-0.1, -0.05) is 123 Å². The maximum absolute atomic E-state index is 14.5. The van der Waals surface area contributed by atoms with Gasteiger partial charge in [-0.2, -0.15) is 19.0 Å². The first-order valence-electron chi connectivity index (χ1n) is 17.6. The average Bonchev–Trinajstić information content (AvgIpc) is 3.58. The number of H-pyrrole nitrogens is 1. The lowest BCUT2D eigenvalue weighted by molar-refractivity contribution is 0.0793. The number of aryl methyl sites for hydroxylation is 1. The number of carbonyl (C=O) groups excluding carboxylic acids is 1. The Bertz CT molecular complexity index is 2130. The molecule has 0 bridgehead atoms. The molecular weight excluding hydrogens is 687 g/mol. The first-order valence-corrected chi connectivity index (χ1v) is 19.2. The zero-order valence-electron chi connectivity index (χ0n) is 30.1. The van der Waals surface area contributed by atoms with E-state index in [1.807, 2.05) is 122 Å². The van der Waals surface area contributed by atoms with Crippen molar-refractivity contribution < 1.29 is 23.5 Å². The summed E-state index contributed by atoms with van der Waals surface area (Å²) in [7, 11) is -2.31. The predicted molar refractivity (Wildman–Crippen MR) is 208 cm³/mol. The van der Waals surface area contributed by atoms with Crippen LogP contribution in [0.15, 0.2) is 132 Å². The highest BCUT2D eigenvalue weighted by molar-refractivity contribution is 7.68. The fraction of sp³-hybridized carbons (Fsp3) is 0.214. The van der Waals surface area contributed by atoms with Crippen molar-refractivity contribution in [3.63, 3.8) is 0 Å². The van der Waals surface area contributed by atoms with Gasteiger partial charge < -0.3 is 9.64 Å². The van der Waals surface area contributed by atoms with Gasteiger partial charge >= 0.3 is 13.6 Å². The van der Waals surface area contributed by atoms with Crippen LogP contribution in [0.1, 0.15) is 52.4 Å². The Balaban J connectivity index is 1.57. The maximum atomic E-state index is 14.5. The molecule has 0 aliphatic rings. The van der Waals surface area contributed by atoms with Gasteiger partial charge in [-0.15, -0.1) is 0 Å². The minimum absolute atomic E-state index is 0.0212. The van der Waals surface area contributed by atoms with Crippen LogP contribution in [0.4, 0.5) is 0 Å². The number of benzene rings is 5. The number of nitrogens with one attached hydrogen (secondary N) is 1. The van der Waals surface area contributed by atoms with E-state index >= 15 is 0 Å². The number of para-hydroxylation sites is 1. The second kappa shape index (κ2) is 17.4. The molecule has 6 rings (SSSR count). The lowest BCUT2D eigenvalue weighted by Gasteiger charge is -2.24.